The smallest absolute Gasteiger partial charge is 0.159 e. The molecule has 0 aliphatic rings. The van der Waals surface area contributed by atoms with Gasteiger partial charge in [0.25, 0.3) is 0 Å². The number of rotatable bonds is 2. The van der Waals surface area contributed by atoms with Crippen molar-refractivity contribution in [2.45, 2.75) is 13.0 Å². The van der Waals surface area contributed by atoms with Gasteiger partial charge < -0.3 is 4.74 Å². The van der Waals surface area contributed by atoms with Crippen molar-refractivity contribution in [3.8, 4) is 0 Å². The summed E-state index contributed by atoms with van der Waals surface area (Å²) < 4.78 is 15.6. The van der Waals surface area contributed by atoms with Gasteiger partial charge in [0.1, 0.15) is 0 Å². The van der Waals surface area contributed by atoms with Crippen LogP contribution in [0.5, 0.6) is 0 Å². The number of halogens is 1. The second-order valence-corrected chi connectivity index (χ2v) is 1.07. The Balaban J connectivity index is 2.75. The molecule has 0 saturated carbocycles. The van der Waals surface area contributed by atoms with Crippen molar-refractivity contribution in [1.29, 1.82) is 0 Å². The van der Waals surface area contributed by atoms with E-state index < -0.39 is 0 Å². The molecule has 0 N–H and O–H groups in total. The van der Waals surface area contributed by atoms with Gasteiger partial charge >= 0.3 is 0 Å². The van der Waals surface area contributed by atoms with Gasteiger partial charge in [-0.2, -0.15) is 0 Å². The molecule has 0 aliphatic carbocycles. The maximum atomic E-state index is 11.1. The molecule has 1 atom stereocenters. The van der Waals surface area contributed by atoms with Crippen molar-refractivity contribution in [3.05, 3.63) is 6.67 Å². The minimum Gasteiger partial charge on any atom is -0.379 e. The van der Waals surface area contributed by atoms with Crippen LogP contribution in [-0.4, -0.2) is 13.2 Å². The fourth-order valence-electron chi connectivity index (χ4n) is 0.0514. The summed E-state index contributed by atoms with van der Waals surface area (Å²) in [6.45, 7) is 2.12. The Morgan fingerprint density at radius 3 is 2.33 bits per heavy atom. The van der Waals surface area contributed by atoms with Crippen LogP contribution >= 0.6 is 0 Å². The third-order valence-corrected chi connectivity index (χ3v) is 0.549. The quantitative estimate of drug-likeness (QED) is 0.495. The van der Waals surface area contributed by atoms with Gasteiger partial charge in [-0.3, -0.25) is 0 Å². The van der Waals surface area contributed by atoms with Crippen LogP contribution < -0.4 is 0 Å². The molecule has 1 nitrogen and oxygen atoms in total. The van der Waals surface area contributed by atoms with E-state index in [-0.39, 0.29) is 6.10 Å². The lowest BCUT2D eigenvalue weighted by atomic mass is 10.5. The summed E-state index contributed by atoms with van der Waals surface area (Å²) in [5, 5.41) is 0. The van der Waals surface area contributed by atoms with Crippen molar-refractivity contribution >= 4 is 0 Å². The van der Waals surface area contributed by atoms with E-state index >= 15 is 0 Å². The van der Waals surface area contributed by atoms with Gasteiger partial charge in [-0.1, -0.05) is 0 Å². The molecule has 1 unspecified atom stereocenters. The first-order valence-corrected chi connectivity index (χ1v) is 1.77. The minimum atomic E-state index is -0.356. The van der Waals surface area contributed by atoms with E-state index in [0.717, 1.165) is 0 Å². The number of hydrogen-bond donors (Lipinski definition) is 0. The van der Waals surface area contributed by atoms with Gasteiger partial charge in [-0.15, -0.1) is 0 Å². The molecule has 0 saturated heterocycles. The van der Waals surface area contributed by atoms with E-state index in [1.807, 2.05) is 0 Å². The third kappa shape index (κ3) is 2.15. The van der Waals surface area contributed by atoms with Gasteiger partial charge in [-0.05, 0) is 6.92 Å². The second-order valence-electron chi connectivity index (χ2n) is 1.07. The maximum absolute atomic E-state index is 11.1. The Morgan fingerprint density at radius 2 is 2.33 bits per heavy atom. The van der Waals surface area contributed by atoms with E-state index in [4.69, 9.17) is 0 Å². The Kier molecular flexibility index (Phi) is 3.04. The summed E-state index contributed by atoms with van der Waals surface area (Å²) in [7, 11) is 1.46. The van der Waals surface area contributed by atoms with Crippen LogP contribution in [-0.2, 0) is 4.74 Å². The average Bonchev–Trinajstić information content (AvgIpc) is 1.65. The second kappa shape index (κ2) is 3.09. The highest BCUT2D eigenvalue weighted by molar-refractivity contribution is 4.55. The van der Waals surface area contributed by atoms with Crippen molar-refractivity contribution in [2.24, 2.45) is 0 Å². The van der Waals surface area contributed by atoms with Crippen LogP contribution in [0.1, 0.15) is 6.92 Å². The van der Waals surface area contributed by atoms with Gasteiger partial charge in [0.05, 0.1) is 6.10 Å². The van der Waals surface area contributed by atoms with Crippen LogP contribution in [0.4, 0.5) is 4.39 Å². The van der Waals surface area contributed by atoms with Crippen molar-refractivity contribution < 1.29 is 9.13 Å². The lowest BCUT2D eigenvalue weighted by Gasteiger charge is -1.98. The fraction of sp³-hybridized carbons (Fsp3) is 0.750. The van der Waals surface area contributed by atoms with Crippen LogP contribution in [0.15, 0.2) is 0 Å². The van der Waals surface area contributed by atoms with E-state index in [9.17, 15) is 4.39 Å². The molecule has 0 fully saturated rings. The molecule has 0 aliphatic heterocycles. The Labute approximate surface area is 37.1 Å². The highest BCUT2D eigenvalue weighted by atomic mass is 19.1. The van der Waals surface area contributed by atoms with E-state index in [1.54, 1.807) is 6.92 Å². The summed E-state index contributed by atoms with van der Waals surface area (Å²) >= 11 is 0. The zero-order chi connectivity index (χ0) is 4.99. The Morgan fingerprint density at radius 1 is 1.83 bits per heavy atom. The molecule has 6 heavy (non-hydrogen) atoms. The number of ether oxygens (including phenoxy) is 1. The van der Waals surface area contributed by atoms with Crippen LogP contribution in [0.3, 0.4) is 0 Å². The largest absolute Gasteiger partial charge is 0.379 e. The predicted octanol–water partition coefficient (Wildman–Crippen LogP) is 1.15. The van der Waals surface area contributed by atoms with Crippen LogP contribution in [0.2, 0.25) is 0 Å². The first kappa shape index (κ1) is 5.89. The molecule has 37 valence electrons. The van der Waals surface area contributed by atoms with E-state index in [0.29, 0.717) is 6.67 Å². The topological polar surface area (TPSA) is 9.23 Å². The van der Waals surface area contributed by atoms with E-state index in [1.165, 1.54) is 7.11 Å². The molecule has 0 spiro atoms. The maximum Gasteiger partial charge on any atom is 0.159 e. The molecule has 0 amide bonds. The minimum absolute atomic E-state index is 0.356. The first-order chi connectivity index (χ1) is 2.81. The molecule has 0 aromatic heterocycles. The van der Waals surface area contributed by atoms with Crippen LogP contribution in [0, 0.1) is 6.67 Å². The molecule has 2 heteroatoms. The summed E-state index contributed by atoms with van der Waals surface area (Å²) in [5.41, 5.74) is 0. The summed E-state index contributed by atoms with van der Waals surface area (Å²) in [6.07, 6.45) is -0.356. The lowest BCUT2D eigenvalue weighted by molar-refractivity contribution is 0.122. The normalized spacial score (nSPS) is 14.5. The van der Waals surface area contributed by atoms with Crippen molar-refractivity contribution in [3.63, 3.8) is 0 Å². The standard InChI is InChI=1S/C4H8FO/c1-4(3-5)6-2/h3-4H,1-2H3. The molecular weight excluding hydrogens is 83.0 g/mol. The van der Waals surface area contributed by atoms with Gasteiger partial charge in [0.2, 0.25) is 0 Å². The number of methoxy groups -OCH3 is 1. The summed E-state index contributed by atoms with van der Waals surface area (Å²) in [6, 6.07) is 0. The molecule has 0 rings (SSSR count). The average molecular weight is 91.1 g/mol. The molecular formula is C4H8FO. The van der Waals surface area contributed by atoms with Crippen molar-refractivity contribution in [2.75, 3.05) is 7.11 Å². The van der Waals surface area contributed by atoms with Gasteiger partial charge in [0.15, 0.2) is 6.67 Å². The molecule has 0 aromatic rings. The fourth-order valence-corrected chi connectivity index (χ4v) is 0.0514. The SMILES string of the molecule is COC(C)[CH]F. The predicted molar refractivity (Wildman–Crippen MR) is 21.9 cm³/mol. The van der Waals surface area contributed by atoms with Gasteiger partial charge in [0, 0.05) is 7.11 Å². The first-order valence-electron chi connectivity index (χ1n) is 1.77. The van der Waals surface area contributed by atoms with Crippen LogP contribution in [0.25, 0.3) is 0 Å². The molecule has 1 radical (unpaired) electrons. The monoisotopic (exact) mass is 91.1 g/mol. The highest BCUT2D eigenvalue weighted by Gasteiger charge is 1.93. The Bertz CT molecular complexity index is 26.7. The summed E-state index contributed by atoms with van der Waals surface area (Å²) in [5.74, 6) is 0. The zero-order valence-electron chi connectivity index (χ0n) is 3.94. The zero-order valence-corrected chi connectivity index (χ0v) is 3.94. The van der Waals surface area contributed by atoms with E-state index in [2.05, 4.69) is 4.74 Å². The highest BCUT2D eigenvalue weighted by Crippen LogP contribution is 1.91. The molecule has 0 bridgehead atoms. The third-order valence-electron chi connectivity index (χ3n) is 0.549. The van der Waals surface area contributed by atoms with Crippen molar-refractivity contribution in [1.82, 2.24) is 0 Å². The Hall–Kier alpha value is -0.110. The molecule has 0 heterocycles. The lowest BCUT2D eigenvalue weighted by Crippen LogP contribution is -2.00. The summed E-state index contributed by atoms with van der Waals surface area (Å²) in [4.78, 5) is 0. The molecule has 0 aromatic carbocycles. The van der Waals surface area contributed by atoms with Gasteiger partial charge in [-0.25, -0.2) is 4.39 Å². The number of hydrogen-bond acceptors (Lipinski definition) is 1.